The van der Waals surface area contributed by atoms with Gasteiger partial charge in [-0.15, -0.1) is 4.40 Å². The second-order valence-electron chi connectivity index (χ2n) is 7.19. The highest BCUT2D eigenvalue weighted by Gasteiger charge is 2.44. The van der Waals surface area contributed by atoms with E-state index in [4.69, 9.17) is 11.6 Å². The van der Waals surface area contributed by atoms with Gasteiger partial charge in [0.25, 0.3) is 10.0 Å². The van der Waals surface area contributed by atoms with Crippen LogP contribution in [0.1, 0.15) is 0 Å². The standard InChI is InChI=1S/C15H22ClN3O3SSi/c1-18-14(13(24(4,5)6)15(20)19(18,2)3)17-23(21,22)12-9-7-11(16)8-10-12/h7-10H,1-6H3. The smallest absolute Gasteiger partial charge is 0.284 e. The summed E-state index contributed by atoms with van der Waals surface area (Å²) < 4.78 is 29.3. The number of rotatable bonds is 3. The van der Waals surface area contributed by atoms with Crippen molar-refractivity contribution in [3.05, 3.63) is 40.4 Å². The van der Waals surface area contributed by atoms with Gasteiger partial charge in [-0.1, -0.05) is 31.2 Å². The fourth-order valence-electron chi connectivity index (χ4n) is 2.44. The molecule has 0 aromatic heterocycles. The van der Waals surface area contributed by atoms with E-state index >= 15 is 0 Å². The maximum Gasteiger partial charge on any atom is 0.284 e. The number of nitrogens with zero attached hydrogens (tertiary/aromatic N) is 3. The summed E-state index contributed by atoms with van der Waals surface area (Å²) in [7, 11) is -0.904. The van der Waals surface area contributed by atoms with Crippen LogP contribution < -0.4 is 5.11 Å². The van der Waals surface area contributed by atoms with Crippen molar-refractivity contribution in [3.8, 4) is 0 Å². The predicted molar refractivity (Wildman–Crippen MR) is 96.3 cm³/mol. The van der Waals surface area contributed by atoms with Crippen molar-refractivity contribution in [1.82, 2.24) is 5.01 Å². The van der Waals surface area contributed by atoms with Gasteiger partial charge < -0.3 is 5.11 Å². The Kier molecular flexibility index (Phi) is 4.64. The maximum absolute atomic E-state index is 12.8. The summed E-state index contributed by atoms with van der Waals surface area (Å²) in [4.78, 5) is 0.0485. The highest BCUT2D eigenvalue weighted by atomic mass is 35.5. The molecule has 0 fully saturated rings. The van der Waals surface area contributed by atoms with Gasteiger partial charge in [-0.25, -0.2) is 9.60 Å². The van der Waals surface area contributed by atoms with Crippen LogP contribution in [0, 0.1) is 0 Å². The summed E-state index contributed by atoms with van der Waals surface area (Å²) in [5, 5.41) is 15.4. The first-order chi connectivity index (χ1) is 10.8. The van der Waals surface area contributed by atoms with Gasteiger partial charge in [0.15, 0.2) is 5.84 Å². The van der Waals surface area contributed by atoms with Crippen molar-refractivity contribution in [2.75, 3.05) is 21.1 Å². The molecule has 1 aliphatic rings. The van der Waals surface area contributed by atoms with E-state index in [0.717, 1.165) is 0 Å². The Hall–Kier alpha value is -1.35. The van der Waals surface area contributed by atoms with Crippen LogP contribution in [0.5, 0.6) is 0 Å². The topological polar surface area (TPSA) is 72.8 Å². The molecule has 9 heteroatoms. The lowest BCUT2D eigenvalue weighted by Crippen LogP contribution is -2.52. The first kappa shape index (κ1) is 19.0. The number of hydrogen-bond donors (Lipinski definition) is 0. The zero-order chi connectivity index (χ0) is 18.5. The van der Waals surface area contributed by atoms with Crippen molar-refractivity contribution in [3.63, 3.8) is 0 Å². The van der Waals surface area contributed by atoms with Crippen LogP contribution in [0.15, 0.2) is 44.6 Å². The van der Waals surface area contributed by atoms with Crippen molar-refractivity contribution in [2.45, 2.75) is 24.5 Å². The first-order valence-corrected chi connectivity index (χ1v) is 12.7. The van der Waals surface area contributed by atoms with E-state index in [2.05, 4.69) is 4.40 Å². The van der Waals surface area contributed by atoms with Gasteiger partial charge in [-0.3, -0.25) is 0 Å². The molecule has 1 aliphatic heterocycles. The third kappa shape index (κ3) is 3.23. The van der Waals surface area contributed by atoms with Crippen LogP contribution in [0.4, 0.5) is 0 Å². The van der Waals surface area contributed by atoms with Gasteiger partial charge in [0.2, 0.25) is 0 Å². The van der Waals surface area contributed by atoms with Crippen LogP contribution in [0.3, 0.4) is 0 Å². The quantitative estimate of drug-likeness (QED) is 0.585. The van der Waals surface area contributed by atoms with E-state index in [1.807, 2.05) is 19.6 Å². The van der Waals surface area contributed by atoms with Gasteiger partial charge in [0.05, 0.1) is 40.0 Å². The summed E-state index contributed by atoms with van der Waals surface area (Å²) in [6.45, 7) is 6.01. The van der Waals surface area contributed by atoms with Crippen LogP contribution in [0.25, 0.3) is 0 Å². The first-order valence-electron chi connectivity index (χ1n) is 7.40. The Morgan fingerprint density at radius 1 is 1.17 bits per heavy atom. The third-order valence-corrected chi connectivity index (χ3v) is 7.53. The molecule has 0 radical (unpaired) electrons. The van der Waals surface area contributed by atoms with Crippen LogP contribution in [-0.2, 0) is 10.0 Å². The molecule has 0 amide bonds. The van der Waals surface area contributed by atoms with Gasteiger partial charge in [0.1, 0.15) is 0 Å². The predicted octanol–water partition coefficient (Wildman–Crippen LogP) is 1.81. The van der Waals surface area contributed by atoms with Gasteiger partial charge in [-0.2, -0.15) is 8.42 Å². The molecule has 0 spiro atoms. The molecule has 1 aromatic rings. The maximum atomic E-state index is 12.8. The van der Waals surface area contributed by atoms with E-state index in [-0.39, 0.29) is 21.2 Å². The Bertz CT molecular complexity index is 825. The molecule has 132 valence electrons. The summed E-state index contributed by atoms with van der Waals surface area (Å²) in [5.74, 6) is 0.126. The lowest BCUT2D eigenvalue weighted by Gasteiger charge is -2.35. The molecule has 0 unspecified atom stereocenters. The normalized spacial score (nSPS) is 20.1. The highest BCUT2D eigenvalue weighted by Crippen LogP contribution is 2.33. The van der Waals surface area contributed by atoms with Gasteiger partial charge >= 0.3 is 0 Å². The minimum Gasteiger partial charge on any atom is -0.829 e. The van der Waals surface area contributed by atoms with Crippen LogP contribution >= 0.6 is 11.6 Å². The number of amidine groups is 1. The number of hydrogen-bond acceptors (Lipinski definition) is 3. The molecule has 6 nitrogen and oxygen atoms in total. The van der Waals surface area contributed by atoms with E-state index in [1.165, 1.54) is 24.3 Å². The average Bonchev–Trinajstić information content (AvgIpc) is 2.59. The lowest BCUT2D eigenvalue weighted by molar-refractivity contribution is -0.984. The molecule has 0 aliphatic carbocycles. The second-order valence-corrected chi connectivity index (χ2v) is 14.2. The van der Waals surface area contributed by atoms with Crippen LogP contribution in [-0.4, -0.2) is 53.1 Å². The molecular weight excluding hydrogens is 366 g/mol. The molecule has 1 heterocycles. The molecule has 24 heavy (non-hydrogen) atoms. The number of halogens is 1. The number of benzene rings is 1. The number of quaternary nitrogens is 1. The molecule has 0 N–H and O–H groups in total. The Morgan fingerprint density at radius 3 is 2.12 bits per heavy atom. The molecular formula is C15H22ClN3O3SSi. The van der Waals surface area contributed by atoms with Crippen molar-refractivity contribution < 1.29 is 18.1 Å². The molecule has 0 saturated heterocycles. The van der Waals surface area contributed by atoms with Gasteiger partial charge in [0, 0.05) is 10.2 Å². The summed E-state index contributed by atoms with van der Waals surface area (Å²) in [6.07, 6.45) is 0. The Morgan fingerprint density at radius 2 is 1.67 bits per heavy atom. The molecule has 0 bridgehead atoms. The molecule has 2 rings (SSSR count). The average molecular weight is 388 g/mol. The number of sulfonamides is 1. The minimum absolute atomic E-state index is 0.0485. The largest absolute Gasteiger partial charge is 0.829 e. The minimum atomic E-state index is -3.93. The second kappa shape index (κ2) is 5.87. The fraction of sp³-hybridized carbons (Fsp3) is 0.400. The lowest BCUT2D eigenvalue weighted by atomic mass is 10.4. The van der Waals surface area contributed by atoms with Crippen molar-refractivity contribution >= 4 is 35.5 Å². The summed E-state index contributed by atoms with van der Waals surface area (Å²) in [6, 6.07) is 5.82. The van der Waals surface area contributed by atoms with Crippen molar-refractivity contribution in [2.24, 2.45) is 4.40 Å². The zero-order valence-corrected chi connectivity index (χ0v) is 17.2. The van der Waals surface area contributed by atoms with E-state index in [9.17, 15) is 13.5 Å². The monoisotopic (exact) mass is 387 g/mol. The SMILES string of the molecule is CN1/C(=N\S(=O)(=O)c2ccc(Cl)cc2)C([Si](C)(C)C)=C([O-])[N+]1(C)C. The summed E-state index contributed by atoms with van der Waals surface area (Å²) >= 11 is 5.81. The highest BCUT2D eigenvalue weighted by molar-refractivity contribution is 7.90. The molecule has 1 aromatic carbocycles. The van der Waals surface area contributed by atoms with Crippen molar-refractivity contribution in [1.29, 1.82) is 0 Å². The Labute approximate surface area is 149 Å². The number of likely N-dealkylation sites (N-methyl/N-ethyl adjacent to an activating group) is 1. The van der Waals surface area contributed by atoms with Crippen LogP contribution in [0.2, 0.25) is 24.7 Å². The Balaban J connectivity index is 2.64. The molecule has 0 atom stereocenters. The van der Waals surface area contributed by atoms with E-state index in [1.54, 1.807) is 26.2 Å². The fourth-order valence-corrected chi connectivity index (χ4v) is 5.47. The molecule has 0 saturated carbocycles. The van der Waals surface area contributed by atoms with E-state index in [0.29, 0.717) is 10.2 Å². The summed E-state index contributed by atoms with van der Waals surface area (Å²) in [5.41, 5.74) is 0. The van der Waals surface area contributed by atoms with Gasteiger partial charge in [-0.05, 0) is 24.3 Å². The zero-order valence-electron chi connectivity index (χ0n) is 14.7. The van der Waals surface area contributed by atoms with E-state index < -0.39 is 18.1 Å². The third-order valence-electron chi connectivity index (χ3n) is 4.06.